The highest BCUT2D eigenvalue weighted by Gasteiger charge is 2.23. The van der Waals surface area contributed by atoms with Crippen LogP contribution in [0.4, 0.5) is 0 Å². The molecule has 0 fully saturated rings. The Morgan fingerprint density at radius 2 is 1.24 bits per heavy atom. The lowest BCUT2D eigenvalue weighted by molar-refractivity contribution is -0.120. The number of ketones is 1. The highest BCUT2D eigenvalue weighted by molar-refractivity contribution is 6.02. The molecule has 0 radical (unpaired) electrons. The van der Waals surface area contributed by atoms with E-state index in [0.29, 0.717) is 5.56 Å². The zero-order valence-electron chi connectivity index (χ0n) is 13.8. The highest BCUT2D eigenvalue weighted by Crippen LogP contribution is 2.19. The van der Waals surface area contributed by atoms with Crippen LogP contribution in [0.25, 0.3) is 0 Å². The van der Waals surface area contributed by atoms with E-state index in [2.05, 4.69) is 5.32 Å². The minimum atomic E-state index is -0.695. The van der Waals surface area contributed by atoms with Gasteiger partial charge >= 0.3 is 0 Å². The van der Waals surface area contributed by atoms with Gasteiger partial charge in [0, 0.05) is 5.56 Å². The van der Waals surface area contributed by atoms with Crippen molar-refractivity contribution in [3.63, 3.8) is 0 Å². The van der Waals surface area contributed by atoms with Crippen molar-refractivity contribution in [1.29, 1.82) is 0 Å². The molecule has 124 valence electrons. The topological polar surface area (TPSA) is 46.2 Å². The van der Waals surface area contributed by atoms with Crippen molar-refractivity contribution in [3.8, 4) is 0 Å². The summed E-state index contributed by atoms with van der Waals surface area (Å²) in [5, 5.41) is 2.89. The molecule has 3 aromatic carbocycles. The summed E-state index contributed by atoms with van der Waals surface area (Å²) in [5.74, 6) is -0.294. The molecule has 1 amide bonds. The Morgan fingerprint density at radius 3 is 1.84 bits per heavy atom. The third-order valence-electron chi connectivity index (χ3n) is 3.97. The standard InChI is InChI=1S/C22H19NO2/c24-20(16-17-10-4-1-5-11-17)23-21(18-12-6-2-7-13-18)22(25)19-14-8-3-9-15-19/h1-15,21H,16H2,(H,23,24)/t21-/m1/s1. The van der Waals surface area contributed by atoms with Crippen LogP contribution in [0.1, 0.15) is 27.5 Å². The Balaban J connectivity index is 1.82. The molecule has 0 aliphatic rings. The van der Waals surface area contributed by atoms with Gasteiger partial charge in [-0.05, 0) is 11.1 Å². The molecule has 1 atom stereocenters. The molecule has 0 heterocycles. The van der Waals surface area contributed by atoms with Crippen LogP contribution in [0.2, 0.25) is 0 Å². The maximum Gasteiger partial charge on any atom is 0.225 e. The van der Waals surface area contributed by atoms with Gasteiger partial charge in [0.15, 0.2) is 5.78 Å². The summed E-state index contributed by atoms with van der Waals surface area (Å²) < 4.78 is 0. The molecule has 25 heavy (non-hydrogen) atoms. The predicted molar refractivity (Wildman–Crippen MR) is 98.2 cm³/mol. The van der Waals surface area contributed by atoms with Crippen LogP contribution in [0.5, 0.6) is 0 Å². The van der Waals surface area contributed by atoms with Crippen molar-refractivity contribution >= 4 is 11.7 Å². The SMILES string of the molecule is O=C(Cc1ccccc1)N[C@@H](C(=O)c1ccccc1)c1ccccc1. The van der Waals surface area contributed by atoms with Gasteiger partial charge in [-0.3, -0.25) is 9.59 Å². The molecular weight excluding hydrogens is 310 g/mol. The number of nitrogens with one attached hydrogen (secondary N) is 1. The van der Waals surface area contributed by atoms with Crippen molar-refractivity contribution in [2.45, 2.75) is 12.5 Å². The average molecular weight is 329 g/mol. The van der Waals surface area contributed by atoms with Crippen molar-refractivity contribution in [3.05, 3.63) is 108 Å². The van der Waals surface area contributed by atoms with Gasteiger partial charge in [-0.1, -0.05) is 91.0 Å². The normalized spacial score (nSPS) is 11.5. The van der Waals surface area contributed by atoms with Crippen molar-refractivity contribution < 1.29 is 9.59 Å². The maximum absolute atomic E-state index is 12.9. The second-order valence-corrected chi connectivity index (χ2v) is 5.80. The smallest absolute Gasteiger partial charge is 0.225 e. The maximum atomic E-state index is 12.9. The van der Waals surface area contributed by atoms with Crippen LogP contribution in [0, 0.1) is 0 Å². The number of benzene rings is 3. The number of Topliss-reactive ketones (excluding diaryl/α,β-unsaturated/α-hetero) is 1. The zero-order chi connectivity index (χ0) is 17.5. The molecule has 0 aliphatic heterocycles. The number of carbonyl (C=O) groups excluding carboxylic acids is 2. The number of hydrogen-bond donors (Lipinski definition) is 1. The lowest BCUT2D eigenvalue weighted by Gasteiger charge is -2.18. The molecular formula is C22H19NO2. The predicted octanol–water partition coefficient (Wildman–Crippen LogP) is 3.97. The molecule has 3 heteroatoms. The summed E-state index contributed by atoms with van der Waals surface area (Å²) in [6.07, 6.45) is 0.242. The summed E-state index contributed by atoms with van der Waals surface area (Å²) in [4.78, 5) is 25.4. The van der Waals surface area contributed by atoms with E-state index in [4.69, 9.17) is 0 Å². The van der Waals surface area contributed by atoms with E-state index in [0.717, 1.165) is 11.1 Å². The molecule has 0 aromatic heterocycles. The van der Waals surface area contributed by atoms with Gasteiger partial charge in [-0.15, -0.1) is 0 Å². The van der Waals surface area contributed by atoms with Gasteiger partial charge in [-0.2, -0.15) is 0 Å². The Labute approximate surface area is 147 Å². The van der Waals surface area contributed by atoms with Gasteiger partial charge in [0.05, 0.1) is 6.42 Å². The Morgan fingerprint density at radius 1 is 0.720 bits per heavy atom. The molecule has 0 bridgehead atoms. The fourth-order valence-corrected chi connectivity index (χ4v) is 2.71. The molecule has 0 saturated heterocycles. The van der Waals surface area contributed by atoms with Crippen LogP contribution >= 0.6 is 0 Å². The van der Waals surface area contributed by atoms with Gasteiger partial charge in [-0.25, -0.2) is 0 Å². The van der Waals surface area contributed by atoms with Crippen LogP contribution in [-0.2, 0) is 11.2 Å². The number of carbonyl (C=O) groups is 2. The van der Waals surface area contributed by atoms with Crippen molar-refractivity contribution in [1.82, 2.24) is 5.32 Å². The Hall–Kier alpha value is -3.20. The van der Waals surface area contributed by atoms with Gasteiger partial charge in [0.25, 0.3) is 0 Å². The zero-order valence-corrected chi connectivity index (χ0v) is 13.8. The molecule has 0 spiro atoms. The first-order valence-corrected chi connectivity index (χ1v) is 8.21. The molecule has 0 unspecified atom stereocenters. The third-order valence-corrected chi connectivity index (χ3v) is 3.97. The van der Waals surface area contributed by atoms with E-state index in [1.54, 1.807) is 12.1 Å². The molecule has 3 rings (SSSR count). The molecule has 1 N–H and O–H groups in total. The van der Waals surface area contributed by atoms with E-state index in [1.807, 2.05) is 78.9 Å². The van der Waals surface area contributed by atoms with Crippen LogP contribution in [0.3, 0.4) is 0 Å². The number of hydrogen-bond acceptors (Lipinski definition) is 2. The average Bonchev–Trinajstić information content (AvgIpc) is 2.68. The minimum absolute atomic E-state index is 0.117. The summed E-state index contributed by atoms with van der Waals surface area (Å²) in [6.45, 7) is 0. The van der Waals surface area contributed by atoms with Gasteiger partial charge in [0.2, 0.25) is 5.91 Å². The summed E-state index contributed by atoms with van der Waals surface area (Å²) in [6, 6.07) is 27.2. The minimum Gasteiger partial charge on any atom is -0.342 e. The third kappa shape index (κ3) is 4.42. The second kappa shape index (κ2) is 8.06. The fraction of sp³-hybridized carbons (Fsp3) is 0.0909. The first-order chi connectivity index (χ1) is 12.2. The first kappa shape index (κ1) is 16.7. The van der Waals surface area contributed by atoms with Crippen molar-refractivity contribution in [2.24, 2.45) is 0 Å². The van der Waals surface area contributed by atoms with Gasteiger partial charge in [0.1, 0.15) is 6.04 Å². The molecule has 3 aromatic rings. The molecule has 3 nitrogen and oxygen atoms in total. The Kier molecular flexibility index (Phi) is 5.37. The summed E-state index contributed by atoms with van der Waals surface area (Å²) in [7, 11) is 0. The van der Waals surface area contributed by atoms with E-state index >= 15 is 0 Å². The summed E-state index contributed by atoms with van der Waals surface area (Å²) in [5.41, 5.74) is 2.27. The largest absolute Gasteiger partial charge is 0.342 e. The monoisotopic (exact) mass is 329 g/mol. The first-order valence-electron chi connectivity index (χ1n) is 8.21. The summed E-state index contributed by atoms with van der Waals surface area (Å²) >= 11 is 0. The van der Waals surface area contributed by atoms with E-state index in [-0.39, 0.29) is 18.1 Å². The number of amides is 1. The van der Waals surface area contributed by atoms with Gasteiger partial charge < -0.3 is 5.32 Å². The van der Waals surface area contributed by atoms with E-state index in [9.17, 15) is 9.59 Å². The molecule has 0 saturated carbocycles. The highest BCUT2D eigenvalue weighted by atomic mass is 16.2. The van der Waals surface area contributed by atoms with Crippen LogP contribution in [0.15, 0.2) is 91.0 Å². The quantitative estimate of drug-likeness (QED) is 0.696. The van der Waals surface area contributed by atoms with E-state index in [1.165, 1.54) is 0 Å². The Bertz CT molecular complexity index is 830. The van der Waals surface area contributed by atoms with Crippen molar-refractivity contribution in [2.75, 3.05) is 0 Å². The van der Waals surface area contributed by atoms with E-state index < -0.39 is 6.04 Å². The number of rotatable bonds is 6. The van der Waals surface area contributed by atoms with Crippen LogP contribution in [-0.4, -0.2) is 11.7 Å². The van der Waals surface area contributed by atoms with Crippen LogP contribution < -0.4 is 5.32 Å². The fourth-order valence-electron chi connectivity index (χ4n) is 2.71. The second-order valence-electron chi connectivity index (χ2n) is 5.80. The lowest BCUT2D eigenvalue weighted by atomic mass is 9.97. The molecule has 0 aliphatic carbocycles. The lowest BCUT2D eigenvalue weighted by Crippen LogP contribution is -2.34.